The highest BCUT2D eigenvalue weighted by Gasteiger charge is 2.16. The molecule has 1 fully saturated rings. The average molecular weight is 249 g/mol. The second-order valence-electron chi connectivity index (χ2n) is 4.26. The summed E-state index contributed by atoms with van der Waals surface area (Å²) in [4.78, 5) is 5.95. The van der Waals surface area contributed by atoms with Gasteiger partial charge in [0.1, 0.15) is 5.84 Å². The molecule has 2 rings (SSSR count). The zero-order valence-corrected chi connectivity index (χ0v) is 11.0. The number of aliphatic imine (C=N–C) groups is 1. The van der Waals surface area contributed by atoms with Gasteiger partial charge in [0.2, 0.25) is 0 Å². The normalized spacial score (nSPS) is 17.4. The summed E-state index contributed by atoms with van der Waals surface area (Å²) in [7, 11) is 0. The third kappa shape index (κ3) is 3.01. The van der Waals surface area contributed by atoms with E-state index >= 15 is 0 Å². The first kappa shape index (κ1) is 12.5. The number of nitrogens with two attached hydrogens (primary N) is 1. The van der Waals surface area contributed by atoms with Crippen LogP contribution < -0.4 is 11.3 Å². The summed E-state index contributed by atoms with van der Waals surface area (Å²) in [6.07, 6.45) is 7.02. The SMILES string of the molecule is CSc1ccccc1C(=NC1CCCC1)NN. The first-order valence-electron chi connectivity index (χ1n) is 6.03. The largest absolute Gasteiger partial charge is 0.308 e. The van der Waals surface area contributed by atoms with Crippen molar-refractivity contribution in [1.82, 2.24) is 5.43 Å². The van der Waals surface area contributed by atoms with Gasteiger partial charge in [-0.15, -0.1) is 11.8 Å². The summed E-state index contributed by atoms with van der Waals surface area (Å²) in [5, 5.41) is 0. The lowest BCUT2D eigenvalue weighted by Crippen LogP contribution is -2.32. The van der Waals surface area contributed by atoms with E-state index in [9.17, 15) is 0 Å². The summed E-state index contributed by atoms with van der Waals surface area (Å²) in [5.41, 5.74) is 3.86. The van der Waals surface area contributed by atoms with Gasteiger partial charge in [0.05, 0.1) is 6.04 Å². The van der Waals surface area contributed by atoms with Crippen LogP contribution in [-0.2, 0) is 0 Å². The van der Waals surface area contributed by atoms with Crippen LogP contribution in [0, 0.1) is 0 Å². The van der Waals surface area contributed by atoms with Crippen molar-refractivity contribution < 1.29 is 0 Å². The van der Waals surface area contributed by atoms with Crippen LogP contribution in [0.5, 0.6) is 0 Å². The van der Waals surface area contributed by atoms with Gasteiger partial charge in [-0.05, 0) is 25.2 Å². The maximum Gasteiger partial charge on any atom is 0.143 e. The minimum Gasteiger partial charge on any atom is -0.308 e. The van der Waals surface area contributed by atoms with Crippen LogP contribution in [0.4, 0.5) is 0 Å². The molecule has 0 atom stereocenters. The van der Waals surface area contributed by atoms with Crippen LogP contribution in [-0.4, -0.2) is 18.1 Å². The second-order valence-corrected chi connectivity index (χ2v) is 5.11. The fourth-order valence-corrected chi connectivity index (χ4v) is 2.84. The summed E-state index contributed by atoms with van der Waals surface area (Å²) in [6, 6.07) is 8.67. The summed E-state index contributed by atoms with van der Waals surface area (Å²) >= 11 is 1.72. The fourth-order valence-electron chi connectivity index (χ4n) is 2.24. The standard InChI is InChI=1S/C13H19N3S/c1-17-12-9-5-4-8-11(12)13(16-14)15-10-6-2-3-7-10/h4-5,8-10H,2-3,6-7,14H2,1H3,(H,15,16). The minimum absolute atomic E-state index is 0.441. The zero-order valence-electron chi connectivity index (χ0n) is 10.1. The minimum atomic E-state index is 0.441. The van der Waals surface area contributed by atoms with Gasteiger partial charge in [-0.2, -0.15) is 0 Å². The maximum atomic E-state index is 5.62. The molecule has 1 aliphatic rings. The molecule has 3 N–H and O–H groups in total. The summed E-state index contributed by atoms with van der Waals surface area (Å²) < 4.78 is 0. The number of thioether (sulfide) groups is 1. The number of amidine groups is 1. The van der Waals surface area contributed by atoms with Gasteiger partial charge in [0.25, 0.3) is 0 Å². The third-order valence-electron chi connectivity index (χ3n) is 3.14. The monoisotopic (exact) mass is 249 g/mol. The van der Waals surface area contributed by atoms with Gasteiger partial charge in [0, 0.05) is 10.5 Å². The van der Waals surface area contributed by atoms with Crippen LogP contribution >= 0.6 is 11.8 Å². The quantitative estimate of drug-likeness (QED) is 0.284. The number of benzene rings is 1. The predicted molar refractivity (Wildman–Crippen MR) is 74.3 cm³/mol. The lowest BCUT2D eigenvalue weighted by atomic mass is 10.2. The molecule has 17 heavy (non-hydrogen) atoms. The number of hydrazine groups is 1. The number of hydrogen-bond donors (Lipinski definition) is 2. The first-order valence-corrected chi connectivity index (χ1v) is 7.25. The lowest BCUT2D eigenvalue weighted by Gasteiger charge is -2.12. The number of nitrogens with one attached hydrogen (secondary N) is 1. The van der Waals surface area contributed by atoms with Crippen molar-refractivity contribution in [1.29, 1.82) is 0 Å². The fraction of sp³-hybridized carbons (Fsp3) is 0.462. The highest BCUT2D eigenvalue weighted by molar-refractivity contribution is 7.98. The molecule has 1 aromatic rings. The second kappa shape index (κ2) is 6.07. The molecule has 92 valence electrons. The Morgan fingerprint density at radius 1 is 1.35 bits per heavy atom. The van der Waals surface area contributed by atoms with E-state index in [1.807, 2.05) is 12.1 Å². The maximum absolute atomic E-state index is 5.62. The van der Waals surface area contributed by atoms with E-state index in [2.05, 4.69) is 23.8 Å². The first-order chi connectivity index (χ1) is 8.35. The topological polar surface area (TPSA) is 50.4 Å². The van der Waals surface area contributed by atoms with E-state index in [0.717, 1.165) is 11.4 Å². The van der Waals surface area contributed by atoms with Crippen LogP contribution in [0.2, 0.25) is 0 Å². The molecule has 4 heteroatoms. The van der Waals surface area contributed by atoms with Crippen LogP contribution in [0.3, 0.4) is 0 Å². The van der Waals surface area contributed by atoms with Gasteiger partial charge < -0.3 is 5.43 Å². The molecule has 1 saturated carbocycles. The Morgan fingerprint density at radius 2 is 2.06 bits per heavy atom. The average Bonchev–Trinajstić information content (AvgIpc) is 2.89. The predicted octanol–water partition coefficient (Wildman–Crippen LogP) is 2.56. The van der Waals surface area contributed by atoms with E-state index in [-0.39, 0.29) is 0 Å². The Balaban J connectivity index is 2.27. The molecule has 0 spiro atoms. The summed E-state index contributed by atoms with van der Waals surface area (Å²) in [5.74, 6) is 6.44. The van der Waals surface area contributed by atoms with Crippen molar-refractivity contribution in [3.8, 4) is 0 Å². The highest BCUT2D eigenvalue weighted by Crippen LogP contribution is 2.24. The van der Waals surface area contributed by atoms with Crippen molar-refractivity contribution in [2.24, 2.45) is 10.8 Å². The van der Waals surface area contributed by atoms with Crippen molar-refractivity contribution >= 4 is 17.6 Å². The van der Waals surface area contributed by atoms with Crippen molar-refractivity contribution in [3.05, 3.63) is 29.8 Å². The van der Waals surface area contributed by atoms with E-state index < -0.39 is 0 Å². The van der Waals surface area contributed by atoms with Crippen LogP contribution in [0.25, 0.3) is 0 Å². The molecule has 0 heterocycles. The van der Waals surface area contributed by atoms with Crippen molar-refractivity contribution in [3.63, 3.8) is 0 Å². The molecule has 1 aliphatic carbocycles. The van der Waals surface area contributed by atoms with Gasteiger partial charge >= 0.3 is 0 Å². The van der Waals surface area contributed by atoms with Gasteiger partial charge in [-0.3, -0.25) is 4.99 Å². The highest BCUT2D eigenvalue weighted by atomic mass is 32.2. The molecular weight excluding hydrogens is 230 g/mol. The van der Waals surface area contributed by atoms with E-state index in [4.69, 9.17) is 10.8 Å². The molecule has 0 aromatic heterocycles. The molecule has 0 saturated heterocycles. The van der Waals surface area contributed by atoms with Crippen LogP contribution in [0.15, 0.2) is 34.2 Å². The van der Waals surface area contributed by atoms with Crippen molar-refractivity contribution in [2.75, 3.05) is 6.26 Å². The van der Waals surface area contributed by atoms with Crippen molar-refractivity contribution in [2.45, 2.75) is 36.6 Å². The number of rotatable bonds is 3. The smallest absolute Gasteiger partial charge is 0.143 e. The molecule has 0 unspecified atom stereocenters. The molecule has 0 bridgehead atoms. The van der Waals surface area contributed by atoms with Gasteiger partial charge in [0.15, 0.2) is 0 Å². The number of hydrogen-bond acceptors (Lipinski definition) is 3. The Bertz CT molecular complexity index is 397. The van der Waals surface area contributed by atoms with Crippen LogP contribution in [0.1, 0.15) is 31.2 Å². The molecule has 0 aliphatic heterocycles. The number of nitrogens with zero attached hydrogens (tertiary/aromatic N) is 1. The van der Waals surface area contributed by atoms with E-state index in [0.29, 0.717) is 6.04 Å². The third-order valence-corrected chi connectivity index (χ3v) is 3.93. The lowest BCUT2D eigenvalue weighted by molar-refractivity contribution is 0.700. The Kier molecular flexibility index (Phi) is 4.45. The Labute approximate surface area is 107 Å². The molecule has 1 aromatic carbocycles. The molecular formula is C13H19N3S. The Hall–Kier alpha value is -1.00. The Morgan fingerprint density at radius 3 is 2.71 bits per heavy atom. The molecule has 0 amide bonds. The van der Waals surface area contributed by atoms with E-state index in [1.54, 1.807) is 11.8 Å². The molecule has 3 nitrogen and oxygen atoms in total. The van der Waals surface area contributed by atoms with Gasteiger partial charge in [-0.25, -0.2) is 5.84 Å². The molecule has 0 radical (unpaired) electrons. The zero-order chi connectivity index (χ0) is 12.1. The van der Waals surface area contributed by atoms with E-state index in [1.165, 1.54) is 30.6 Å². The summed E-state index contributed by atoms with van der Waals surface area (Å²) in [6.45, 7) is 0. The van der Waals surface area contributed by atoms with Gasteiger partial charge in [-0.1, -0.05) is 31.0 Å².